The van der Waals surface area contributed by atoms with Crippen LogP contribution >= 0.6 is 7.60 Å². The van der Waals surface area contributed by atoms with Crippen molar-refractivity contribution in [3.05, 3.63) is 35.6 Å². The Morgan fingerprint density at radius 2 is 1.64 bits per heavy atom. The van der Waals surface area contributed by atoms with Gasteiger partial charge in [0.15, 0.2) is 5.78 Å². The molecule has 0 saturated heterocycles. The van der Waals surface area contributed by atoms with Crippen LogP contribution in [0.3, 0.4) is 0 Å². The molecule has 0 amide bonds. The summed E-state index contributed by atoms with van der Waals surface area (Å²) in [4.78, 5) is 1.39. The number of hydrogen-bond donors (Lipinski definition) is 1. The number of aromatic nitrogens is 4. The molecule has 1 aromatic carbocycles. The van der Waals surface area contributed by atoms with Gasteiger partial charge in [0.2, 0.25) is 0 Å². The molecule has 0 saturated carbocycles. The van der Waals surface area contributed by atoms with Crippen LogP contribution < -0.4 is 5.32 Å². The van der Waals surface area contributed by atoms with Gasteiger partial charge in [-0.3, -0.25) is 4.57 Å². The van der Waals surface area contributed by atoms with E-state index in [2.05, 4.69) is 20.7 Å². The lowest BCUT2D eigenvalue weighted by atomic mass is 10.2. The van der Waals surface area contributed by atoms with Gasteiger partial charge in [0.1, 0.15) is 5.82 Å². The van der Waals surface area contributed by atoms with E-state index in [4.69, 9.17) is 9.05 Å². The molecule has 0 fully saturated rings. The quantitative estimate of drug-likeness (QED) is 0.654. The lowest BCUT2D eigenvalue weighted by Crippen LogP contribution is -2.28. The highest BCUT2D eigenvalue weighted by molar-refractivity contribution is 7.54. The summed E-state index contributed by atoms with van der Waals surface area (Å²) in [7, 11) is -3.82. The summed E-state index contributed by atoms with van der Waals surface area (Å²) >= 11 is 0. The maximum Gasteiger partial charge on any atom is 0.358 e. The van der Waals surface area contributed by atoms with Crippen molar-refractivity contribution < 1.29 is 18.0 Å². The number of nitrogens with one attached hydrogen (secondary N) is 1. The summed E-state index contributed by atoms with van der Waals surface area (Å²) in [5, 5.41) is 15.1. The average molecular weight is 413 g/mol. The van der Waals surface area contributed by atoms with Crippen LogP contribution in [0.15, 0.2) is 24.3 Å². The molecule has 28 heavy (non-hydrogen) atoms. The molecule has 0 aliphatic rings. The molecule has 0 bridgehead atoms. The SMILES string of the molecule is CCn1nnc(N[C@H](c2ccc(F)cc2)P(=O)(OC(C)(C)C)OC(C)(C)C)n1. The molecule has 10 heteroatoms. The van der Waals surface area contributed by atoms with Gasteiger partial charge in [-0.05, 0) is 71.4 Å². The molecule has 2 rings (SSSR count). The fourth-order valence-electron chi connectivity index (χ4n) is 2.43. The van der Waals surface area contributed by atoms with Crippen molar-refractivity contribution in [1.82, 2.24) is 20.2 Å². The number of anilines is 1. The molecular weight excluding hydrogens is 384 g/mol. The van der Waals surface area contributed by atoms with E-state index < -0.39 is 30.4 Å². The molecule has 156 valence electrons. The second-order valence-corrected chi connectivity index (χ2v) is 10.3. The second kappa shape index (κ2) is 8.27. The standard InChI is InChI=1S/C18H29FN5O3P/c1-8-24-22-16(21-23-24)20-15(13-9-11-14(19)12-10-13)28(25,26-17(2,3)4)27-18(5,6)7/h9-12,15H,8H2,1-7H3,(H,20,22)/t15-/m0/s1. The zero-order valence-corrected chi connectivity index (χ0v) is 18.3. The van der Waals surface area contributed by atoms with Gasteiger partial charge in [0.05, 0.1) is 17.7 Å². The number of hydrogen-bond acceptors (Lipinski definition) is 7. The largest absolute Gasteiger partial charge is 0.358 e. The number of nitrogens with zero attached hydrogens (tertiary/aromatic N) is 4. The lowest BCUT2D eigenvalue weighted by Gasteiger charge is -2.36. The molecule has 0 radical (unpaired) electrons. The number of benzene rings is 1. The van der Waals surface area contributed by atoms with Gasteiger partial charge >= 0.3 is 7.60 Å². The highest BCUT2D eigenvalue weighted by atomic mass is 31.2. The number of aryl methyl sites for hydroxylation is 1. The Hall–Kier alpha value is -1.83. The molecule has 0 aliphatic heterocycles. The Labute approximate surface area is 165 Å². The van der Waals surface area contributed by atoms with Crippen molar-refractivity contribution in [1.29, 1.82) is 0 Å². The zero-order valence-electron chi connectivity index (χ0n) is 17.4. The Morgan fingerprint density at radius 3 is 2.07 bits per heavy atom. The summed E-state index contributed by atoms with van der Waals surface area (Å²) in [6.45, 7) is 13.2. The van der Waals surface area contributed by atoms with Gasteiger partial charge in [-0.25, -0.2) is 4.39 Å². The topological polar surface area (TPSA) is 91.2 Å². The lowest BCUT2D eigenvalue weighted by molar-refractivity contribution is 0.0459. The molecule has 2 aromatic rings. The Bertz CT molecular complexity index is 807. The van der Waals surface area contributed by atoms with Gasteiger partial charge in [-0.2, -0.15) is 4.80 Å². The molecule has 1 aromatic heterocycles. The van der Waals surface area contributed by atoms with Crippen molar-refractivity contribution in [2.45, 2.75) is 72.0 Å². The van der Waals surface area contributed by atoms with E-state index in [1.807, 2.05) is 6.92 Å². The monoisotopic (exact) mass is 413 g/mol. The molecule has 1 atom stereocenters. The number of tetrazole rings is 1. The third-order valence-corrected chi connectivity index (χ3v) is 5.97. The molecule has 8 nitrogen and oxygen atoms in total. The average Bonchev–Trinajstić information content (AvgIpc) is 2.98. The molecule has 0 aliphatic carbocycles. The number of rotatable bonds is 7. The van der Waals surface area contributed by atoms with E-state index in [9.17, 15) is 8.96 Å². The fraction of sp³-hybridized carbons (Fsp3) is 0.611. The first-order chi connectivity index (χ1) is 12.8. The summed E-state index contributed by atoms with van der Waals surface area (Å²) in [5.74, 6) is -1.19. The summed E-state index contributed by atoms with van der Waals surface area (Å²) in [6.07, 6.45) is 0. The van der Waals surface area contributed by atoms with Gasteiger partial charge in [0, 0.05) is 0 Å². The van der Waals surface area contributed by atoms with Crippen molar-refractivity contribution >= 4 is 13.5 Å². The molecule has 1 N–H and O–H groups in total. The van der Waals surface area contributed by atoms with E-state index in [0.717, 1.165) is 0 Å². The fourth-order valence-corrected chi connectivity index (χ4v) is 5.02. The van der Waals surface area contributed by atoms with Crippen molar-refractivity contribution in [3.8, 4) is 0 Å². The van der Waals surface area contributed by atoms with E-state index >= 15 is 0 Å². The minimum Gasteiger partial charge on any atom is -0.334 e. The van der Waals surface area contributed by atoms with E-state index in [1.54, 1.807) is 41.5 Å². The Kier molecular flexibility index (Phi) is 6.63. The summed E-state index contributed by atoms with van der Waals surface area (Å²) in [6, 6.07) is 5.64. The van der Waals surface area contributed by atoms with E-state index in [-0.39, 0.29) is 5.95 Å². The van der Waals surface area contributed by atoms with Crippen molar-refractivity contribution in [3.63, 3.8) is 0 Å². The smallest absolute Gasteiger partial charge is 0.334 e. The summed E-state index contributed by atoms with van der Waals surface area (Å²) < 4.78 is 39.4. The molecule has 1 heterocycles. The van der Waals surface area contributed by atoms with Crippen LogP contribution in [-0.4, -0.2) is 31.4 Å². The van der Waals surface area contributed by atoms with Crippen LogP contribution in [0, 0.1) is 5.82 Å². The van der Waals surface area contributed by atoms with E-state index in [1.165, 1.54) is 29.1 Å². The first-order valence-corrected chi connectivity index (χ1v) is 10.7. The summed E-state index contributed by atoms with van der Waals surface area (Å²) in [5.41, 5.74) is -0.990. The Morgan fingerprint density at radius 1 is 1.11 bits per heavy atom. The maximum atomic E-state index is 14.0. The van der Waals surface area contributed by atoms with Crippen molar-refractivity contribution in [2.75, 3.05) is 5.32 Å². The molecular formula is C18H29FN5O3P. The third-order valence-electron chi connectivity index (χ3n) is 3.31. The predicted octanol–water partition coefficient (Wildman–Crippen LogP) is 4.77. The van der Waals surface area contributed by atoms with Gasteiger partial charge in [-0.15, -0.1) is 5.10 Å². The van der Waals surface area contributed by atoms with Gasteiger partial charge in [0.25, 0.3) is 5.95 Å². The zero-order chi connectivity index (χ0) is 21.2. The van der Waals surface area contributed by atoms with Crippen LogP contribution in [-0.2, 0) is 20.2 Å². The van der Waals surface area contributed by atoms with E-state index in [0.29, 0.717) is 12.1 Å². The minimum atomic E-state index is -3.82. The van der Waals surface area contributed by atoms with Crippen LogP contribution in [0.2, 0.25) is 0 Å². The van der Waals surface area contributed by atoms with Gasteiger partial charge in [-0.1, -0.05) is 17.2 Å². The van der Waals surface area contributed by atoms with Crippen LogP contribution in [0.4, 0.5) is 10.3 Å². The predicted molar refractivity (Wildman–Crippen MR) is 106 cm³/mol. The number of halogens is 1. The highest BCUT2D eigenvalue weighted by Gasteiger charge is 2.44. The molecule has 0 unspecified atom stereocenters. The minimum absolute atomic E-state index is 0.173. The first-order valence-electron chi connectivity index (χ1n) is 9.12. The van der Waals surface area contributed by atoms with Crippen LogP contribution in [0.5, 0.6) is 0 Å². The van der Waals surface area contributed by atoms with Gasteiger partial charge < -0.3 is 14.4 Å². The highest BCUT2D eigenvalue weighted by Crippen LogP contribution is 2.64. The Balaban J connectivity index is 2.53. The maximum absolute atomic E-state index is 14.0. The second-order valence-electron chi connectivity index (χ2n) is 8.35. The first kappa shape index (κ1) is 22.5. The normalized spacial score (nSPS) is 14.1. The van der Waals surface area contributed by atoms with Crippen molar-refractivity contribution in [2.24, 2.45) is 0 Å². The third kappa shape index (κ3) is 6.36. The van der Waals surface area contributed by atoms with Crippen LogP contribution in [0.1, 0.15) is 59.8 Å². The van der Waals surface area contributed by atoms with Crippen LogP contribution in [0.25, 0.3) is 0 Å². The molecule has 0 spiro atoms.